The van der Waals surface area contributed by atoms with E-state index in [-0.39, 0.29) is 5.82 Å². The van der Waals surface area contributed by atoms with Crippen molar-refractivity contribution in [1.29, 1.82) is 0 Å². The highest BCUT2D eigenvalue weighted by Gasteiger charge is 2.24. The molecule has 5 rings (SSSR count). The lowest BCUT2D eigenvalue weighted by molar-refractivity contribution is 0.172. The van der Waals surface area contributed by atoms with Gasteiger partial charge in [-0.2, -0.15) is 0 Å². The fourth-order valence-electron chi connectivity index (χ4n) is 4.06. The summed E-state index contributed by atoms with van der Waals surface area (Å²) in [4.78, 5) is 4.93. The summed E-state index contributed by atoms with van der Waals surface area (Å²) in [6.45, 7) is 3.15. The Balaban J connectivity index is 1.62. The molecule has 1 aromatic heterocycles. The minimum absolute atomic E-state index is 0.215. The maximum atomic E-state index is 13.3. The first-order valence-electron chi connectivity index (χ1n) is 9.53. The highest BCUT2D eigenvalue weighted by Crippen LogP contribution is 2.37. The fourth-order valence-corrected chi connectivity index (χ4v) is 4.06. The van der Waals surface area contributed by atoms with Gasteiger partial charge in [-0.15, -0.1) is 0 Å². The van der Waals surface area contributed by atoms with Gasteiger partial charge in [0.1, 0.15) is 24.9 Å². The molecule has 3 heterocycles. The summed E-state index contributed by atoms with van der Waals surface area (Å²) < 4.78 is 27.2. The molecule has 0 bridgehead atoms. The van der Waals surface area contributed by atoms with Gasteiger partial charge in [0.15, 0.2) is 11.5 Å². The van der Waals surface area contributed by atoms with E-state index in [0.29, 0.717) is 25.7 Å². The fraction of sp³-hybridized carbons (Fsp3) is 0.381. The largest absolute Gasteiger partial charge is 0.486 e. The summed E-state index contributed by atoms with van der Waals surface area (Å²) in [7, 11) is 0. The van der Waals surface area contributed by atoms with Gasteiger partial charge in [-0.05, 0) is 43.6 Å². The van der Waals surface area contributed by atoms with Crippen LogP contribution in [0, 0.1) is 5.82 Å². The molecule has 2 aliphatic heterocycles. The molecule has 2 aliphatic rings. The van der Waals surface area contributed by atoms with Crippen LogP contribution >= 0.6 is 0 Å². The van der Waals surface area contributed by atoms with Crippen molar-refractivity contribution < 1.29 is 13.9 Å². The molecule has 0 radical (unpaired) electrons. The van der Waals surface area contributed by atoms with Gasteiger partial charge >= 0.3 is 0 Å². The summed E-state index contributed by atoms with van der Waals surface area (Å²) in [5.74, 6) is 2.34. The number of imidazole rings is 1. The highest BCUT2D eigenvalue weighted by atomic mass is 19.1. The van der Waals surface area contributed by atoms with Gasteiger partial charge in [0.25, 0.3) is 0 Å². The van der Waals surface area contributed by atoms with Crippen molar-refractivity contribution in [3.8, 4) is 11.5 Å². The molecule has 140 valence electrons. The van der Waals surface area contributed by atoms with E-state index in [1.807, 2.05) is 18.2 Å². The molecule has 6 heteroatoms. The van der Waals surface area contributed by atoms with Crippen LogP contribution in [-0.2, 0) is 6.42 Å². The SMILES string of the molecule is Fc1ccc(Cc2nc3cc4c(cc3n2C2CCNCC2)OCCO4)cc1. The summed E-state index contributed by atoms with van der Waals surface area (Å²) in [6.07, 6.45) is 2.80. The second kappa shape index (κ2) is 6.85. The number of nitrogens with zero attached hydrogens (tertiary/aromatic N) is 2. The Hall–Kier alpha value is -2.60. The molecule has 5 nitrogen and oxygen atoms in total. The van der Waals surface area contributed by atoms with Crippen molar-refractivity contribution >= 4 is 11.0 Å². The Bertz CT molecular complexity index is 962. The maximum Gasteiger partial charge on any atom is 0.163 e. The molecule has 1 N–H and O–H groups in total. The number of ether oxygens (including phenoxy) is 2. The molecule has 0 amide bonds. The van der Waals surface area contributed by atoms with Gasteiger partial charge in [0, 0.05) is 24.6 Å². The molecule has 2 aromatic carbocycles. The third kappa shape index (κ3) is 3.14. The van der Waals surface area contributed by atoms with E-state index in [2.05, 4.69) is 16.0 Å². The quantitative estimate of drug-likeness (QED) is 0.770. The maximum absolute atomic E-state index is 13.3. The van der Waals surface area contributed by atoms with Crippen LogP contribution in [0.25, 0.3) is 11.0 Å². The number of benzene rings is 2. The number of rotatable bonds is 3. The van der Waals surface area contributed by atoms with Gasteiger partial charge in [0.2, 0.25) is 0 Å². The number of nitrogens with one attached hydrogen (secondary N) is 1. The Kier molecular flexibility index (Phi) is 4.20. The topological polar surface area (TPSA) is 48.3 Å². The van der Waals surface area contributed by atoms with E-state index >= 15 is 0 Å². The van der Waals surface area contributed by atoms with E-state index in [4.69, 9.17) is 14.5 Å². The summed E-state index contributed by atoms with van der Waals surface area (Å²) >= 11 is 0. The first-order valence-corrected chi connectivity index (χ1v) is 9.53. The zero-order valence-corrected chi connectivity index (χ0v) is 15.1. The van der Waals surface area contributed by atoms with Gasteiger partial charge < -0.3 is 19.4 Å². The zero-order valence-electron chi connectivity index (χ0n) is 15.1. The number of hydrogen-bond acceptors (Lipinski definition) is 4. The van der Waals surface area contributed by atoms with Crippen molar-refractivity contribution in [3.63, 3.8) is 0 Å². The van der Waals surface area contributed by atoms with E-state index in [9.17, 15) is 4.39 Å². The minimum Gasteiger partial charge on any atom is -0.486 e. The van der Waals surface area contributed by atoms with Crippen molar-refractivity contribution in [2.45, 2.75) is 25.3 Å². The van der Waals surface area contributed by atoms with Gasteiger partial charge in [-0.3, -0.25) is 0 Å². The predicted molar refractivity (Wildman–Crippen MR) is 101 cm³/mol. The summed E-state index contributed by atoms with van der Waals surface area (Å²) in [5, 5.41) is 3.43. The van der Waals surface area contributed by atoms with Crippen molar-refractivity contribution in [2.24, 2.45) is 0 Å². The average molecular weight is 367 g/mol. The monoisotopic (exact) mass is 367 g/mol. The molecule has 0 aliphatic carbocycles. The minimum atomic E-state index is -0.215. The van der Waals surface area contributed by atoms with E-state index in [1.54, 1.807) is 0 Å². The standard InChI is InChI=1S/C21H22FN3O2/c22-15-3-1-14(2-4-15)11-21-24-17-12-19-20(27-10-9-26-19)13-18(17)25(21)16-5-7-23-8-6-16/h1-4,12-13,16,23H,5-11H2. The van der Waals surface area contributed by atoms with Gasteiger partial charge in [0.05, 0.1) is 11.0 Å². The Labute approximate surface area is 157 Å². The predicted octanol–water partition coefficient (Wildman–Crippen LogP) is 3.46. The second-order valence-corrected chi connectivity index (χ2v) is 7.17. The lowest BCUT2D eigenvalue weighted by Gasteiger charge is -2.27. The van der Waals surface area contributed by atoms with E-state index < -0.39 is 0 Å². The number of fused-ring (bicyclic) bond motifs is 2. The molecule has 0 spiro atoms. The van der Waals surface area contributed by atoms with Crippen LogP contribution in [0.2, 0.25) is 0 Å². The molecule has 1 fully saturated rings. The van der Waals surface area contributed by atoms with Crippen LogP contribution in [0.5, 0.6) is 11.5 Å². The third-order valence-corrected chi connectivity index (χ3v) is 5.38. The molecule has 3 aromatic rings. The van der Waals surface area contributed by atoms with E-state index in [0.717, 1.165) is 59.9 Å². The normalized spacial score (nSPS) is 17.4. The number of aromatic nitrogens is 2. The van der Waals surface area contributed by atoms with Gasteiger partial charge in [-0.1, -0.05) is 12.1 Å². The van der Waals surface area contributed by atoms with Crippen LogP contribution in [0.15, 0.2) is 36.4 Å². The van der Waals surface area contributed by atoms with Crippen LogP contribution in [0.3, 0.4) is 0 Å². The smallest absolute Gasteiger partial charge is 0.163 e. The number of piperidine rings is 1. The Morgan fingerprint density at radius 1 is 1.04 bits per heavy atom. The molecule has 0 unspecified atom stereocenters. The molecule has 27 heavy (non-hydrogen) atoms. The van der Waals surface area contributed by atoms with Crippen LogP contribution < -0.4 is 14.8 Å². The second-order valence-electron chi connectivity index (χ2n) is 7.17. The van der Waals surface area contributed by atoms with Crippen molar-refractivity contribution in [1.82, 2.24) is 14.9 Å². The third-order valence-electron chi connectivity index (χ3n) is 5.38. The molecule has 0 atom stereocenters. The number of halogens is 1. The van der Waals surface area contributed by atoms with Crippen molar-refractivity contribution in [2.75, 3.05) is 26.3 Å². The molecular formula is C21H22FN3O2. The lowest BCUT2D eigenvalue weighted by Crippen LogP contribution is -2.30. The first-order chi connectivity index (χ1) is 13.3. The lowest BCUT2D eigenvalue weighted by atomic mass is 10.1. The summed E-state index contributed by atoms with van der Waals surface area (Å²) in [5.41, 5.74) is 3.07. The van der Waals surface area contributed by atoms with Crippen LogP contribution in [0.4, 0.5) is 4.39 Å². The summed E-state index contributed by atoms with van der Waals surface area (Å²) in [6, 6.07) is 11.1. The Morgan fingerprint density at radius 2 is 1.74 bits per heavy atom. The van der Waals surface area contributed by atoms with Crippen LogP contribution in [0.1, 0.15) is 30.3 Å². The molecule has 1 saturated heterocycles. The number of hydrogen-bond donors (Lipinski definition) is 1. The highest BCUT2D eigenvalue weighted by molar-refractivity contribution is 5.81. The Morgan fingerprint density at radius 3 is 2.48 bits per heavy atom. The zero-order chi connectivity index (χ0) is 18.2. The van der Waals surface area contributed by atoms with Gasteiger partial charge in [-0.25, -0.2) is 9.37 Å². The molecule has 0 saturated carbocycles. The average Bonchev–Trinajstić information content (AvgIpc) is 3.05. The molecular weight excluding hydrogens is 345 g/mol. The first kappa shape index (κ1) is 16.6. The van der Waals surface area contributed by atoms with Crippen LogP contribution in [-0.4, -0.2) is 35.9 Å². The van der Waals surface area contributed by atoms with Crippen molar-refractivity contribution in [3.05, 3.63) is 53.6 Å². The van der Waals surface area contributed by atoms with E-state index in [1.165, 1.54) is 12.1 Å².